The van der Waals surface area contributed by atoms with Crippen LogP contribution in [0.2, 0.25) is 0 Å². The summed E-state index contributed by atoms with van der Waals surface area (Å²) in [7, 11) is 0. The minimum absolute atomic E-state index is 0.107. The van der Waals surface area contributed by atoms with Crippen molar-refractivity contribution >= 4 is 11.8 Å². The van der Waals surface area contributed by atoms with E-state index in [0.717, 1.165) is 6.42 Å². The number of amides is 2. The lowest BCUT2D eigenvalue weighted by Crippen LogP contribution is -2.21. The molecule has 0 spiro atoms. The van der Waals surface area contributed by atoms with E-state index < -0.39 is 0 Å². The van der Waals surface area contributed by atoms with Gasteiger partial charge in [-0.15, -0.1) is 0 Å². The molecule has 2 amide bonds. The van der Waals surface area contributed by atoms with Gasteiger partial charge in [-0.05, 0) is 19.3 Å². The summed E-state index contributed by atoms with van der Waals surface area (Å²) in [5.41, 5.74) is 0. The minimum Gasteiger partial charge on any atom is -0.296 e. The largest absolute Gasteiger partial charge is 0.296 e. The van der Waals surface area contributed by atoms with Crippen LogP contribution in [0.1, 0.15) is 64.7 Å². The zero-order valence-corrected chi connectivity index (χ0v) is 11.4. The van der Waals surface area contributed by atoms with Crippen LogP contribution in [0.4, 0.5) is 0 Å². The first-order valence-electron chi connectivity index (χ1n) is 7.22. The molecule has 1 aliphatic heterocycles. The molecule has 1 atom stereocenters. The lowest BCUT2D eigenvalue weighted by atomic mass is 10.0. The van der Waals surface area contributed by atoms with Gasteiger partial charge in [0.1, 0.15) is 0 Å². The molecule has 1 N–H and O–H groups in total. The van der Waals surface area contributed by atoms with Gasteiger partial charge in [-0.3, -0.25) is 14.9 Å². The van der Waals surface area contributed by atoms with Crippen molar-refractivity contribution in [3.8, 4) is 0 Å². The lowest BCUT2D eigenvalue weighted by Gasteiger charge is -2.00. The highest BCUT2D eigenvalue weighted by atomic mass is 16.2. The van der Waals surface area contributed by atoms with Crippen LogP contribution in [0.25, 0.3) is 0 Å². The van der Waals surface area contributed by atoms with Crippen LogP contribution in [0.15, 0.2) is 12.2 Å². The van der Waals surface area contributed by atoms with Gasteiger partial charge in [-0.25, -0.2) is 0 Å². The molecule has 0 aromatic rings. The van der Waals surface area contributed by atoms with Gasteiger partial charge in [0.15, 0.2) is 0 Å². The molecule has 1 unspecified atom stereocenters. The van der Waals surface area contributed by atoms with Crippen molar-refractivity contribution in [1.29, 1.82) is 0 Å². The Bertz CT molecular complexity index is 297. The molecular weight excluding hydrogens is 226 g/mol. The molecule has 18 heavy (non-hydrogen) atoms. The molecule has 0 aromatic heterocycles. The summed E-state index contributed by atoms with van der Waals surface area (Å²) in [5.74, 6) is -0.364. The summed E-state index contributed by atoms with van der Waals surface area (Å²) in [5, 5.41) is 2.34. The van der Waals surface area contributed by atoms with Gasteiger partial charge in [-0.1, -0.05) is 51.2 Å². The molecule has 0 aromatic carbocycles. The normalized spacial score (nSPS) is 19.7. The Morgan fingerprint density at radius 3 is 2.50 bits per heavy atom. The minimum atomic E-state index is -0.130. The van der Waals surface area contributed by atoms with Gasteiger partial charge in [0, 0.05) is 6.42 Å². The van der Waals surface area contributed by atoms with E-state index in [9.17, 15) is 9.59 Å². The molecule has 1 aliphatic rings. The van der Waals surface area contributed by atoms with E-state index in [1.807, 2.05) is 0 Å². The first-order chi connectivity index (χ1) is 8.74. The van der Waals surface area contributed by atoms with Gasteiger partial charge in [0.05, 0.1) is 5.92 Å². The fourth-order valence-electron chi connectivity index (χ4n) is 2.22. The Balaban J connectivity index is 1.97. The van der Waals surface area contributed by atoms with Crippen molar-refractivity contribution in [1.82, 2.24) is 5.32 Å². The Hall–Kier alpha value is -1.12. The molecule has 1 fully saturated rings. The third-order valence-electron chi connectivity index (χ3n) is 3.38. The van der Waals surface area contributed by atoms with Crippen LogP contribution >= 0.6 is 0 Å². The Morgan fingerprint density at radius 1 is 1.11 bits per heavy atom. The van der Waals surface area contributed by atoms with Gasteiger partial charge in [0.25, 0.3) is 0 Å². The van der Waals surface area contributed by atoms with Crippen LogP contribution in [-0.2, 0) is 9.59 Å². The second-order valence-corrected chi connectivity index (χ2v) is 5.08. The number of carbonyl (C=O) groups is 2. The second-order valence-electron chi connectivity index (χ2n) is 5.08. The number of nitrogens with one attached hydrogen (secondary N) is 1. The Labute approximate surface area is 110 Å². The summed E-state index contributed by atoms with van der Waals surface area (Å²) in [6.07, 6.45) is 14.2. The maximum Gasteiger partial charge on any atom is 0.230 e. The number of allylic oxidation sites excluding steroid dienone is 2. The first kappa shape index (κ1) is 14.9. The highest BCUT2D eigenvalue weighted by Gasteiger charge is 2.28. The van der Waals surface area contributed by atoms with E-state index in [2.05, 4.69) is 24.4 Å². The maximum atomic E-state index is 11.3. The van der Waals surface area contributed by atoms with Gasteiger partial charge >= 0.3 is 0 Å². The van der Waals surface area contributed by atoms with Crippen LogP contribution in [-0.4, -0.2) is 11.8 Å². The smallest absolute Gasteiger partial charge is 0.230 e. The van der Waals surface area contributed by atoms with Gasteiger partial charge < -0.3 is 0 Å². The predicted octanol–water partition coefficient (Wildman–Crippen LogP) is 3.35. The second kappa shape index (κ2) is 8.90. The average molecular weight is 251 g/mol. The van der Waals surface area contributed by atoms with E-state index in [-0.39, 0.29) is 17.7 Å². The fraction of sp³-hybridized carbons (Fsp3) is 0.733. The molecule has 3 nitrogen and oxygen atoms in total. The number of rotatable bonds is 9. The molecule has 3 heteroatoms. The third-order valence-corrected chi connectivity index (χ3v) is 3.38. The molecular formula is C15H25NO2. The quantitative estimate of drug-likeness (QED) is 0.388. The van der Waals surface area contributed by atoms with E-state index in [0.29, 0.717) is 12.8 Å². The van der Waals surface area contributed by atoms with E-state index in [4.69, 9.17) is 0 Å². The molecule has 1 heterocycles. The summed E-state index contributed by atoms with van der Waals surface area (Å²) in [6.45, 7) is 2.23. The van der Waals surface area contributed by atoms with E-state index >= 15 is 0 Å². The molecule has 0 aliphatic carbocycles. The van der Waals surface area contributed by atoms with E-state index in [1.54, 1.807) is 0 Å². The number of unbranched alkanes of at least 4 members (excludes halogenated alkanes) is 6. The number of hydrogen-bond donors (Lipinski definition) is 1. The van der Waals surface area contributed by atoms with E-state index in [1.165, 1.54) is 38.5 Å². The van der Waals surface area contributed by atoms with Crippen molar-refractivity contribution in [2.24, 2.45) is 5.92 Å². The van der Waals surface area contributed by atoms with Crippen LogP contribution in [0.3, 0.4) is 0 Å². The SMILES string of the molecule is CCCCCCCCC=CCC1CC(=O)NC1=O. The molecule has 0 saturated carbocycles. The Kier molecular flexibility index (Phi) is 7.38. The van der Waals surface area contributed by atoms with Crippen molar-refractivity contribution in [3.05, 3.63) is 12.2 Å². The standard InChI is InChI=1S/C15H25NO2/c1-2-3-4-5-6-7-8-9-10-11-13-12-14(17)16-15(13)18/h9-10,13H,2-8,11-12H2,1H3,(H,16,17,18). The molecule has 1 rings (SSSR count). The Morgan fingerprint density at radius 2 is 1.83 bits per heavy atom. The topological polar surface area (TPSA) is 46.2 Å². The molecule has 0 bridgehead atoms. The molecule has 0 radical (unpaired) electrons. The maximum absolute atomic E-state index is 11.3. The molecule has 1 saturated heterocycles. The average Bonchev–Trinajstić information content (AvgIpc) is 2.66. The fourth-order valence-corrected chi connectivity index (χ4v) is 2.22. The third kappa shape index (κ3) is 5.99. The highest BCUT2D eigenvalue weighted by molar-refractivity contribution is 6.03. The van der Waals surface area contributed by atoms with Crippen molar-refractivity contribution in [3.63, 3.8) is 0 Å². The zero-order chi connectivity index (χ0) is 13.2. The monoisotopic (exact) mass is 251 g/mol. The van der Waals surface area contributed by atoms with Crippen LogP contribution in [0, 0.1) is 5.92 Å². The summed E-state index contributed by atoms with van der Waals surface area (Å²) < 4.78 is 0. The lowest BCUT2D eigenvalue weighted by molar-refractivity contribution is -0.125. The van der Waals surface area contributed by atoms with Crippen LogP contribution < -0.4 is 5.32 Å². The van der Waals surface area contributed by atoms with Gasteiger partial charge in [0.2, 0.25) is 11.8 Å². The zero-order valence-electron chi connectivity index (χ0n) is 11.4. The van der Waals surface area contributed by atoms with Crippen molar-refractivity contribution in [2.75, 3.05) is 0 Å². The first-order valence-corrected chi connectivity index (χ1v) is 7.22. The van der Waals surface area contributed by atoms with Gasteiger partial charge in [-0.2, -0.15) is 0 Å². The summed E-state index contributed by atoms with van der Waals surface area (Å²) in [6, 6.07) is 0. The number of hydrogen-bond acceptors (Lipinski definition) is 2. The molecule has 102 valence electrons. The van der Waals surface area contributed by atoms with Crippen molar-refractivity contribution in [2.45, 2.75) is 64.7 Å². The number of imide groups is 1. The number of carbonyl (C=O) groups excluding carboxylic acids is 2. The van der Waals surface area contributed by atoms with Crippen molar-refractivity contribution < 1.29 is 9.59 Å². The van der Waals surface area contributed by atoms with Crippen LogP contribution in [0.5, 0.6) is 0 Å². The highest BCUT2D eigenvalue weighted by Crippen LogP contribution is 2.15. The summed E-state index contributed by atoms with van der Waals surface area (Å²) in [4.78, 5) is 22.3. The summed E-state index contributed by atoms with van der Waals surface area (Å²) >= 11 is 0. The predicted molar refractivity (Wildman–Crippen MR) is 73.0 cm³/mol.